The van der Waals surface area contributed by atoms with Crippen LogP contribution in [0.25, 0.3) is 10.9 Å². The van der Waals surface area contributed by atoms with Crippen molar-refractivity contribution in [1.82, 2.24) is 14.8 Å². The highest BCUT2D eigenvalue weighted by molar-refractivity contribution is 5.96. The van der Waals surface area contributed by atoms with Crippen molar-refractivity contribution in [3.05, 3.63) is 70.9 Å². The van der Waals surface area contributed by atoms with Crippen LogP contribution < -0.4 is 9.64 Å². The number of para-hydroxylation sites is 1. The fourth-order valence-corrected chi connectivity index (χ4v) is 13.0. The Balaban J connectivity index is 1.37. The average molecular weight is 767 g/mol. The van der Waals surface area contributed by atoms with Crippen LogP contribution in [0.1, 0.15) is 74.8 Å². The number of hydrogen-bond acceptors (Lipinski definition) is 10. The van der Waals surface area contributed by atoms with Crippen LogP contribution in [0, 0.1) is 11.3 Å². The summed E-state index contributed by atoms with van der Waals surface area (Å²) in [5.41, 5.74) is -1.32. The number of anilines is 1. The Bertz CT molecular complexity index is 2150. The van der Waals surface area contributed by atoms with E-state index in [-0.39, 0.29) is 18.4 Å². The minimum absolute atomic E-state index is 0.0959. The number of benzene rings is 2. The highest BCUT2D eigenvalue weighted by Crippen LogP contribution is 2.67. The number of amides is 1. The summed E-state index contributed by atoms with van der Waals surface area (Å²) in [5, 5.41) is 25.8. The zero-order chi connectivity index (χ0) is 39.4. The number of fused-ring (bicyclic) bond motifs is 6. The largest absolute Gasteiger partial charge is 0.496 e. The van der Waals surface area contributed by atoms with Crippen molar-refractivity contribution >= 4 is 34.9 Å². The lowest BCUT2D eigenvalue weighted by Crippen LogP contribution is -2.74. The smallest absolute Gasteiger partial charge is 0.340 e. The van der Waals surface area contributed by atoms with Crippen molar-refractivity contribution in [1.29, 1.82) is 0 Å². The maximum Gasteiger partial charge on any atom is 0.340 e. The van der Waals surface area contributed by atoms with Crippen molar-refractivity contribution < 1.29 is 38.8 Å². The molecule has 56 heavy (non-hydrogen) atoms. The molecule has 5 aliphatic heterocycles. The van der Waals surface area contributed by atoms with E-state index in [1.807, 2.05) is 37.3 Å². The van der Waals surface area contributed by atoms with Gasteiger partial charge in [0.1, 0.15) is 11.2 Å². The lowest BCUT2D eigenvalue weighted by atomic mass is 9.49. The first-order valence-electron chi connectivity index (χ1n) is 20.2. The molecule has 6 heterocycles. The van der Waals surface area contributed by atoms with Gasteiger partial charge < -0.3 is 34.3 Å². The van der Waals surface area contributed by atoms with Crippen LogP contribution in [0.2, 0.25) is 0 Å². The van der Waals surface area contributed by atoms with Gasteiger partial charge in [-0.2, -0.15) is 0 Å². The van der Waals surface area contributed by atoms with E-state index < -0.39 is 45.4 Å². The maximum absolute atomic E-state index is 15.2. The predicted octanol–water partition coefficient (Wildman–Crippen LogP) is 3.98. The molecule has 12 nitrogen and oxygen atoms in total. The molecule has 1 amide bonds. The normalized spacial score (nSPS) is 37.0. The molecule has 1 aliphatic carbocycles. The van der Waals surface area contributed by atoms with E-state index in [4.69, 9.17) is 14.2 Å². The van der Waals surface area contributed by atoms with Gasteiger partial charge in [-0.25, -0.2) is 4.79 Å². The van der Waals surface area contributed by atoms with Crippen LogP contribution in [-0.2, 0) is 41.1 Å². The van der Waals surface area contributed by atoms with E-state index in [1.54, 1.807) is 7.11 Å². The molecule has 2 bridgehead atoms. The molecular formula is C44H54N4O8. The third-order valence-corrected chi connectivity index (χ3v) is 15.1. The molecular weight excluding hydrogens is 713 g/mol. The molecule has 2 aromatic carbocycles. The Kier molecular flexibility index (Phi) is 8.60. The number of carbonyl (C=O) groups excluding carboxylic acids is 3. The Hall–Kier alpha value is -4.23. The standard InChI is InChI=1S/C44H54N4O8/c1-6-40-14-10-16-47-18-15-42(36(40)47)30-19-31(34(54-3)20-33(30)48(26-49)37(42)44(53,24-40)39(51)56-5)43(38(50)55-4)22-27-21-41(52,7-2)25-46(23-27)17-13-29-28-11-8-9-12-32(28)45-35(29)43/h8-12,14,19-20,26-27,36-37,45,52-53H,6-7,13,15-18,21-25H2,1-5H3/t27?,36-,37+,40-,41-,42?,43-,44+/m1/s1. The third-order valence-electron chi connectivity index (χ3n) is 15.1. The number of hydrogen-bond donors (Lipinski definition) is 3. The van der Waals surface area contributed by atoms with Gasteiger partial charge >= 0.3 is 11.9 Å². The van der Waals surface area contributed by atoms with E-state index >= 15 is 4.79 Å². The Morgan fingerprint density at radius 1 is 0.982 bits per heavy atom. The summed E-state index contributed by atoms with van der Waals surface area (Å²) in [5.74, 6) is -0.932. The molecule has 9 atom stereocenters. The summed E-state index contributed by atoms with van der Waals surface area (Å²) in [6.45, 7) is 7.49. The predicted molar refractivity (Wildman–Crippen MR) is 210 cm³/mol. The van der Waals surface area contributed by atoms with E-state index in [0.29, 0.717) is 88.2 Å². The number of nitrogens with one attached hydrogen (secondary N) is 1. The van der Waals surface area contributed by atoms with Gasteiger partial charge in [0, 0.05) is 71.3 Å². The molecule has 1 spiro atoms. The molecule has 9 rings (SSSR count). The average Bonchev–Trinajstić information content (AvgIpc) is 3.88. The van der Waals surface area contributed by atoms with Gasteiger partial charge in [0.25, 0.3) is 0 Å². The topological polar surface area (TPSA) is 145 Å². The van der Waals surface area contributed by atoms with Crippen LogP contribution >= 0.6 is 0 Å². The van der Waals surface area contributed by atoms with Crippen molar-refractivity contribution in [2.75, 3.05) is 59.0 Å². The number of methoxy groups -OCH3 is 3. The number of aliphatic hydroxyl groups is 2. The molecule has 2 saturated heterocycles. The second-order valence-corrected chi connectivity index (χ2v) is 17.5. The Morgan fingerprint density at radius 3 is 2.48 bits per heavy atom. The summed E-state index contributed by atoms with van der Waals surface area (Å²) in [4.78, 5) is 52.8. The van der Waals surface area contributed by atoms with E-state index in [2.05, 4.69) is 39.9 Å². The number of nitrogens with zero attached hydrogens (tertiary/aromatic N) is 3. The van der Waals surface area contributed by atoms with Crippen molar-refractivity contribution in [2.24, 2.45) is 11.3 Å². The van der Waals surface area contributed by atoms with Gasteiger partial charge in [0.15, 0.2) is 5.60 Å². The first-order valence-corrected chi connectivity index (χ1v) is 20.2. The third kappa shape index (κ3) is 4.76. The summed E-state index contributed by atoms with van der Waals surface area (Å²) in [7, 11) is 4.27. The highest BCUT2D eigenvalue weighted by Gasteiger charge is 2.76. The first-order chi connectivity index (χ1) is 26.9. The maximum atomic E-state index is 15.2. The molecule has 298 valence electrons. The van der Waals surface area contributed by atoms with Gasteiger partial charge in [-0.15, -0.1) is 0 Å². The summed E-state index contributed by atoms with van der Waals surface area (Å²) < 4.78 is 17.6. The van der Waals surface area contributed by atoms with E-state index in [0.717, 1.165) is 34.1 Å². The molecule has 1 saturated carbocycles. The number of aromatic amines is 1. The molecule has 1 aromatic heterocycles. The van der Waals surface area contributed by atoms with Crippen LogP contribution in [-0.4, -0.2) is 121 Å². The number of carbonyl (C=O) groups is 3. The van der Waals surface area contributed by atoms with Crippen LogP contribution in [0.15, 0.2) is 48.6 Å². The molecule has 3 fully saturated rings. The van der Waals surface area contributed by atoms with Crippen molar-refractivity contribution in [3.63, 3.8) is 0 Å². The van der Waals surface area contributed by atoms with E-state index in [9.17, 15) is 19.8 Å². The van der Waals surface area contributed by atoms with Crippen LogP contribution in [0.3, 0.4) is 0 Å². The fourth-order valence-electron chi connectivity index (χ4n) is 13.0. The molecule has 3 unspecified atom stereocenters. The van der Waals surface area contributed by atoms with Gasteiger partial charge in [0.2, 0.25) is 6.41 Å². The number of piperidine rings is 1. The highest BCUT2D eigenvalue weighted by atomic mass is 16.5. The van der Waals surface area contributed by atoms with Crippen LogP contribution in [0.5, 0.6) is 5.75 Å². The number of aromatic nitrogens is 1. The lowest BCUT2D eigenvalue weighted by Gasteiger charge is -2.60. The van der Waals surface area contributed by atoms with Gasteiger partial charge in [-0.1, -0.05) is 44.2 Å². The fraction of sp³-hybridized carbons (Fsp3) is 0.568. The Morgan fingerprint density at radius 2 is 1.77 bits per heavy atom. The molecule has 3 aromatic rings. The summed E-state index contributed by atoms with van der Waals surface area (Å²) in [6.07, 6.45) is 8.41. The SMILES string of the molecule is CC[C@@]1(O)CC2CN(CCc3c([nH]c4ccccc34)[C@](C(=O)OC)(c3cc4c(cc3OC)N(C=O)[C@H]3C45CCN4CC=C[C@](CC)(C[C@@]3(O)C(=O)OC)[C@@H]45)C2)C1. The lowest BCUT2D eigenvalue weighted by molar-refractivity contribution is -0.181. The van der Waals surface area contributed by atoms with Crippen molar-refractivity contribution in [3.8, 4) is 5.75 Å². The molecule has 3 N–H and O–H groups in total. The quantitative estimate of drug-likeness (QED) is 0.184. The summed E-state index contributed by atoms with van der Waals surface area (Å²) >= 11 is 0. The van der Waals surface area contributed by atoms with Crippen molar-refractivity contribution in [2.45, 2.75) is 92.9 Å². The molecule has 0 radical (unpaired) electrons. The number of rotatable bonds is 7. The monoisotopic (exact) mass is 766 g/mol. The molecule has 12 heteroatoms. The van der Waals surface area contributed by atoms with E-state index in [1.165, 1.54) is 19.1 Å². The minimum Gasteiger partial charge on any atom is -0.496 e. The van der Waals surface area contributed by atoms with Gasteiger partial charge in [0.05, 0.1) is 38.7 Å². The zero-order valence-corrected chi connectivity index (χ0v) is 33.1. The number of H-pyrrole nitrogens is 1. The van der Waals surface area contributed by atoms with Gasteiger partial charge in [-0.05, 0) is 80.7 Å². The number of ether oxygens (including phenoxy) is 3. The zero-order valence-electron chi connectivity index (χ0n) is 33.1. The Labute approximate surface area is 327 Å². The first kappa shape index (κ1) is 37.4. The summed E-state index contributed by atoms with van der Waals surface area (Å²) in [6, 6.07) is 10.9. The van der Waals surface area contributed by atoms with Gasteiger partial charge in [-0.3, -0.25) is 19.4 Å². The second-order valence-electron chi connectivity index (χ2n) is 17.5. The minimum atomic E-state index is -2.04. The van der Waals surface area contributed by atoms with Crippen LogP contribution in [0.4, 0.5) is 5.69 Å². The second kappa shape index (κ2) is 12.9. The number of esters is 2. The molecule has 6 aliphatic rings.